The molecule has 7 rings (SSSR count). The van der Waals surface area contributed by atoms with E-state index < -0.39 is 0 Å². The molecule has 3 fully saturated rings. The van der Waals surface area contributed by atoms with Crippen LogP contribution >= 0.6 is 11.3 Å². The molecule has 8 nitrogen and oxygen atoms in total. The zero-order valence-corrected chi connectivity index (χ0v) is 27.9. The average Bonchev–Trinajstić information content (AvgIpc) is 3.72. The minimum atomic E-state index is -0.154. The predicted molar refractivity (Wildman–Crippen MR) is 186 cm³/mol. The molecule has 2 amide bonds. The largest absolute Gasteiger partial charge is 0.488 e. The van der Waals surface area contributed by atoms with Crippen molar-refractivity contribution < 1.29 is 14.3 Å². The number of aromatic nitrogens is 1. The minimum Gasteiger partial charge on any atom is -0.488 e. The first kappa shape index (κ1) is 31.5. The summed E-state index contributed by atoms with van der Waals surface area (Å²) in [6.07, 6.45) is 6.78. The molecule has 1 unspecified atom stereocenters. The Bertz CT molecular complexity index is 1720. The van der Waals surface area contributed by atoms with Gasteiger partial charge < -0.3 is 25.6 Å². The van der Waals surface area contributed by atoms with E-state index in [2.05, 4.69) is 63.4 Å². The number of aryl methyl sites for hydroxylation is 1. The van der Waals surface area contributed by atoms with Crippen molar-refractivity contribution in [1.29, 1.82) is 0 Å². The second kappa shape index (κ2) is 14.0. The number of amides is 2. The zero-order chi connectivity index (χ0) is 32.3. The maximum atomic E-state index is 13.3. The summed E-state index contributed by atoms with van der Waals surface area (Å²) in [7, 11) is 0. The van der Waals surface area contributed by atoms with Gasteiger partial charge in [-0.25, -0.2) is 0 Å². The quantitative estimate of drug-likeness (QED) is 0.189. The van der Waals surface area contributed by atoms with Gasteiger partial charge in [0.25, 0.3) is 5.91 Å². The number of hydrogen-bond donors (Lipinski definition) is 3. The van der Waals surface area contributed by atoms with Gasteiger partial charge in [0, 0.05) is 78.3 Å². The van der Waals surface area contributed by atoms with Crippen LogP contribution in [-0.2, 0) is 11.3 Å². The van der Waals surface area contributed by atoms with E-state index in [1.165, 1.54) is 15.3 Å². The van der Waals surface area contributed by atoms with Gasteiger partial charge >= 0.3 is 0 Å². The lowest BCUT2D eigenvalue weighted by atomic mass is 9.91. The number of rotatable bonds is 11. The Morgan fingerprint density at radius 1 is 1.06 bits per heavy atom. The highest BCUT2D eigenvalue weighted by molar-refractivity contribution is 7.15. The average molecular weight is 650 g/mol. The van der Waals surface area contributed by atoms with Crippen LogP contribution in [0.1, 0.15) is 70.1 Å². The summed E-state index contributed by atoms with van der Waals surface area (Å²) in [5.41, 5.74) is 5.00. The Morgan fingerprint density at radius 3 is 2.72 bits per heavy atom. The van der Waals surface area contributed by atoms with E-state index in [0.717, 1.165) is 74.4 Å². The Kier molecular flexibility index (Phi) is 9.38. The van der Waals surface area contributed by atoms with Crippen LogP contribution in [0.4, 0.5) is 0 Å². The van der Waals surface area contributed by atoms with Gasteiger partial charge in [-0.2, -0.15) is 0 Å². The van der Waals surface area contributed by atoms with Crippen LogP contribution in [0, 0.1) is 12.8 Å². The number of benzene rings is 2. The normalized spacial score (nSPS) is 20.3. The van der Waals surface area contributed by atoms with Crippen LogP contribution < -0.4 is 20.7 Å². The van der Waals surface area contributed by atoms with E-state index in [0.29, 0.717) is 23.4 Å². The van der Waals surface area contributed by atoms with E-state index >= 15 is 0 Å². The summed E-state index contributed by atoms with van der Waals surface area (Å²) in [4.78, 5) is 35.1. The molecule has 2 aromatic heterocycles. The predicted octanol–water partition coefficient (Wildman–Crippen LogP) is 5.84. The molecule has 3 atom stereocenters. The van der Waals surface area contributed by atoms with Crippen LogP contribution in [0.25, 0.3) is 10.4 Å². The fraction of sp³-hybridized carbons (Fsp3) is 0.395. The summed E-state index contributed by atoms with van der Waals surface area (Å²) < 4.78 is 5.98. The molecule has 244 valence electrons. The number of carbonyl (C=O) groups is 2. The molecule has 3 aliphatic rings. The SMILES string of the molecule is Cc1ccc(OC2CNC2)cc1C(=O)NC(C)c1cccc(-c2ccc(CN[C@H]3CC[C@@H](C(=O)N4CC(c5cccnc5)C4)C3)s2)c1. The maximum absolute atomic E-state index is 13.3. The Balaban J connectivity index is 0.897. The molecular formula is C38H43N5O3S. The number of nitrogens with one attached hydrogen (secondary N) is 3. The second-order valence-electron chi connectivity index (χ2n) is 13.3. The van der Waals surface area contributed by atoms with Gasteiger partial charge in [-0.1, -0.05) is 30.3 Å². The molecular weight excluding hydrogens is 607 g/mol. The third kappa shape index (κ3) is 7.27. The molecule has 3 N–H and O–H groups in total. The number of carbonyl (C=O) groups excluding carboxylic acids is 2. The van der Waals surface area contributed by atoms with Crippen molar-refractivity contribution in [3.63, 3.8) is 0 Å². The van der Waals surface area contributed by atoms with E-state index in [9.17, 15) is 9.59 Å². The summed E-state index contributed by atoms with van der Waals surface area (Å²) in [6.45, 7) is 8.07. The molecule has 1 aliphatic carbocycles. The molecule has 4 aromatic rings. The van der Waals surface area contributed by atoms with E-state index in [1.54, 1.807) is 17.5 Å². The Hall–Kier alpha value is -4.05. The minimum absolute atomic E-state index is 0.100. The molecule has 1 saturated carbocycles. The fourth-order valence-electron chi connectivity index (χ4n) is 6.79. The number of nitrogens with zero attached hydrogens (tertiary/aromatic N) is 2. The lowest BCUT2D eigenvalue weighted by Gasteiger charge is -2.40. The van der Waals surface area contributed by atoms with Gasteiger partial charge in [0.1, 0.15) is 11.9 Å². The van der Waals surface area contributed by atoms with E-state index in [1.807, 2.05) is 49.2 Å². The summed E-state index contributed by atoms with van der Waals surface area (Å²) in [6, 6.07) is 22.8. The zero-order valence-electron chi connectivity index (χ0n) is 27.1. The van der Waals surface area contributed by atoms with Crippen LogP contribution in [-0.4, -0.2) is 60.0 Å². The molecule has 9 heteroatoms. The van der Waals surface area contributed by atoms with Crippen molar-refractivity contribution in [3.8, 4) is 16.2 Å². The molecule has 2 aliphatic heterocycles. The Morgan fingerprint density at radius 2 is 1.94 bits per heavy atom. The topological polar surface area (TPSA) is 95.6 Å². The van der Waals surface area contributed by atoms with Crippen LogP contribution in [0.5, 0.6) is 5.75 Å². The first-order valence-corrected chi connectivity index (χ1v) is 17.6. The van der Waals surface area contributed by atoms with Gasteiger partial charge in [-0.15, -0.1) is 11.3 Å². The van der Waals surface area contributed by atoms with Crippen LogP contribution in [0.15, 0.2) is 79.1 Å². The van der Waals surface area contributed by atoms with Gasteiger partial charge in [0.2, 0.25) is 5.91 Å². The van der Waals surface area contributed by atoms with Gasteiger partial charge in [-0.3, -0.25) is 14.6 Å². The highest BCUT2D eigenvalue weighted by atomic mass is 32.1. The number of pyridine rings is 1. The number of ether oxygens (including phenoxy) is 1. The number of hydrogen-bond acceptors (Lipinski definition) is 7. The van der Waals surface area contributed by atoms with Crippen molar-refractivity contribution >= 4 is 23.2 Å². The maximum Gasteiger partial charge on any atom is 0.252 e. The van der Waals surface area contributed by atoms with Crippen LogP contribution in [0.3, 0.4) is 0 Å². The summed E-state index contributed by atoms with van der Waals surface area (Å²) >= 11 is 1.79. The lowest BCUT2D eigenvalue weighted by molar-refractivity contribution is -0.139. The third-order valence-corrected chi connectivity index (χ3v) is 11.0. The van der Waals surface area contributed by atoms with Crippen molar-refractivity contribution in [2.24, 2.45) is 5.92 Å². The molecule has 0 spiro atoms. The third-order valence-electron chi connectivity index (χ3n) is 9.88. The number of likely N-dealkylation sites (tertiary alicyclic amines) is 1. The van der Waals surface area contributed by atoms with Gasteiger partial charge in [-0.05, 0) is 91.8 Å². The fourth-order valence-corrected chi connectivity index (χ4v) is 7.74. The molecule has 0 bridgehead atoms. The van der Waals surface area contributed by atoms with Crippen molar-refractivity contribution in [2.75, 3.05) is 26.2 Å². The molecule has 47 heavy (non-hydrogen) atoms. The van der Waals surface area contributed by atoms with Crippen molar-refractivity contribution in [1.82, 2.24) is 25.8 Å². The lowest BCUT2D eigenvalue weighted by Crippen LogP contribution is -2.50. The summed E-state index contributed by atoms with van der Waals surface area (Å²) in [5, 5.41) is 10.1. The van der Waals surface area contributed by atoms with Crippen molar-refractivity contribution in [3.05, 3.63) is 106 Å². The van der Waals surface area contributed by atoms with E-state index in [-0.39, 0.29) is 24.0 Å². The molecule has 2 saturated heterocycles. The first-order chi connectivity index (χ1) is 22.9. The van der Waals surface area contributed by atoms with Crippen molar-refractivity contribution in [2.45, 2.75) is 63.8 Å². The number of thiophene rings is 1. The van der Waals surface area contributed by atoms with Crippen LogP contribution in [0.2, 0.25) is 0 Å². The smallest absolute Gasteiger partial charge is 0.252 e. The monoisotopic (exact) mass is 649 g/mol. The highest BCUT2D eigenvalue weighted by Gasteiger charge is 2.38. The van der Waals surface area contributed by atoms with Gasteiger partial charge in [0.15, 0.2) is 0 Å². The standard InChI is InChI=1S/C38H43N5O3S/c1-24-8-11-32(46-33-19-40-20-33)17-35(24)37(44)42-25(2)26-5-3-6-27(15-26)36-13-12-34(47-36)21-41-31-10-9-28(16-31)38(45)43-22-30(23-43)29-7-4-14-39-18-29/h3-8,11-15,17-18,25,28,30-31,33,40-41H,9-10,16,19-23H2,1-2H3,(H,42,44)/t25?,28-,31+/m1/s1. The van der Waals surface area contributed by atoms with Gasteiger partial charge in [0.05, 0.1) is 6.04 Å². The molecule has 2 aromatic carbocycles. The highest BCUT2D eigenvalue weighted by Crippen LogP contribution is 2.34. The first-order valence-electron chi connectivity index (χ1n) is 16.8. The molecule has 0 radical (unpaired) electrons. The second-order valence-corrected chi connectivity index (χ2v) is 14.4. The summed E-state index contributed by atoms with van der Waals surface area (Å²) in [5.74, 6) is 1.49. The van der Waals surface area contributed by atoms with E-state index in [4.69, 9.17) is 4.74 Å². The Labute approximate surface area is 280 Å². The molecule has 4 heterocycles.